The van der Waals surface area contributed by atoms with E-state index in [1.165, 1.54) is 0 Å². The van der Waals surface area contributed by atoms with Crippen molar-refractivity contribution >= 4 is 23.6 Å². The molecule has 0 spiro atoms. The summed E-state index contributed by atoms with van der Waals surface area (Å²) in [5.41, 5.74) is 0.418. The quantitative estimate of drug-likeness (QED) is 0.353. The summed E-state index contributed by atoms with van der Waals surface area (Å²) in [7, 11) is 0. The van der Waals surface area contributed by atoms with Crippen molar-refractivity contribution in [2.75, 3.05) is 5.32 Å². The van der Waals surface area contributed by atoms with E-state index in [4.69, 9.17) is 9.84 Å². The highest BCUT2D eigenvalue weighted by atomic mass is 16.7. The standard InChI is InChI=1S/C13H14N2O8/c16-7-8(17)10(12(19)20)22-11(9(7)18)15-23-13(21)14-6-4-2-1-3-5-6/h1-5,7-10,16-18H,(H,14,21)(H,19,20)/b15-11-/t7-,8-,9+,10+/m0/s1. The Bertz CT molecular complexity index is 605. The Balaban J connectivity index is 2.03. The molecule has 1 amide bonds. The third-order valence-corrected chi connectivity index (χ3v) is 2.97. The molecule has 5 N–H and O–H groups in total. The van der Waals surface area contributed by atoms with Gasteiger partial charge in [0.1, 0.15) is 12.2 Å². The van der Waals surface area contributed by atoms with Gasteiger partial charge >= 0.3 is 12.1 Å². The van der Waals surface area contributed by atoms with E-state index in [1.807, 2.05) is 0 Å². The number of carboxylic acid groups (broad SMARTS) is 1. The fraction of sp³-hybridized carbons (Fsp3) is 0.308. The minimum absolute atomic E-state index is 0.418. The number of hydrogen-bond acceptors (Lipinski definition) is 8. The highest BCUT2D eigenvalue weighted by molar-refractivity contribution is 5.88. The Kier molecular flexibility index (Phi) is 5.11. The summed E-state index contributed by atoms with van der Waals surface area (Å²) >= 11 is 0. The first-order chi connectivity index (χ1) is 10.9. The Hall–Kier alpha value is -2.69. The number of nitrogens with zero attached hydrogens (tertiary/aromatic N) is 1. The van der Waals surface area contributed by atoms with E-state index in [0.29, 0.717) is 5.69 Å². The smallest absolute Gasteiger partial charge is 0.437 e. The number of amides is 1. The summed E-state index contributed by atoms with van der Waals surface area (Å²) in [6, 6.07) is 8.25. The molecule has 124 valence electrons. The number of carbonyl (C=O) groups excluding carboxylic acids is 1. The molecule has 1 aromatic carbocycles. The molecule has 2 rings (SSSR count). The number of rotatable bonds is 3. The molecule has 1 heterocycles. The molecule has 10 heteroatoms. The molecule has 1 aliphatic heterocycles. The van der Waals surface area contributed by atoms with Crippen LogP contribution in [0.25, 0.3) is 0 Å². The molecule has 0 aliphatic carbocycles. The number of anilines is 1. The van der Waals surface area contributed by atoms with Gasteiger partial charge in [0.25, 0.3) is 5.90 Å². The van der Waals surface area contributed by atoms with Crippen molar-refractivity contribution < 1.29 is 39.6 Å². The van der Waals surface area contributed by atoms with Crippen LogP contribution in [0.15, 0.2) is 35.5 Å². The number of nitrogens with one attached hydrogen (secondary N) is 1. The zero-order chi connectivity index (χ0) is 17.0. The monoisotopic (exact) mass is 326 g/mol. The number of ether oxygens (including phenoxy) is 1. The second kappa shape index (κ2) is 7.05. The zero-order valence-electron chi connectivity index (χ0n) is 11.6. The van der Waals surface area contributed by atoms with Crippen LogP contribution < -0.4 is 5.32 Å². The first-order valence-corrected chi connectivity index (χ1v) is 6.44. The molecule has 0 radical (unpaired) electrons. The summed E-state index contributed by atoms with van der Waals surface area (Å²) < 4.78 is 4.73. The molecule has 0 bridgehead atoms. The molecular formula is C13H14N2O8. The third kappa shape index (κ3) is 3.94. The first-order valence-electron chi connectivity index (χ1n) is 6.44. The third-order valence-electron chi connectivity index (χ3n) is 2.97. The summed E-state index contributed by atoms with van der Waals surface area (Å²) in [6.45, 7) is 0. The van der Waals surface area contributed by atoms with Crippen LogP contribution in [0.4, 0.5) is 10.5 Å². The Morgan fingerprint density at radius 3 is 2.39 bits per heavy atom. The molecule has 10 nitrogen and oxygen atoms in total. The lowest BCUT2D eigenvalue weighted by Crippen LogP contribution is -2.58. The predicted molar refractivity (Wildman–Crippen MR) is 74.5 cm³/mol. The van der Waals surface area contributed by atoms with Gasteiger partial charge < -0.3 is 25.2 Å². The van der Waals surface area contributed by atoms with Gasteiger partial charge in [0, 0.05) is 5.69 Å². The largest absolute Gasteiger partial charge is 0.478 e. The van der Waals surface area contributed by atoms with Crippen LogP contribution in [0.5, 0.6) is 0 Å². The van der Waals surface area contributed by atoms with Crippen molar-refractivity contribution in [3.05, 3.63) is 30.3 Å². The van der Waals surface area contributed by atoms with E-state index < -0.39 is 42.4 Å². The number of aliphatic hydroxyl groups is 3. The summed E-state index contributed by atoms with van der Waals surface area (Å²) in [5, 5.41) is 43.0. The van der Waals surface area contributed by atoms with E-state index in [9.17, 15) is 24.9 Å². The topological polar surface area (TPSA) is 158 Å². The average Bonchev–Trinajstić information content (AvgIpc) is 2.52. The van der Waals surface area contributed by atoms with Crippen LogP contribution in [-0.2, 0) is 14.4 Å². The molecule has 1 aliphatic rings. The lowest BCUT2D eigenvalue weighted by molar-refractivity contribution is -0.168. The number of hydrogen-bond donors (Lipinski definition) is 5. The van der Waals surface area contributed by atoms with Gasteiger partial charge in [-0.1, -0.05) is 18.2 Å². The number of para-hydroxylation sites is 1. The lowest BCUT2D eigenvalue weighted by Gasteiger charge is -2.33. The first kappa shape index (κ1) is 16.7. The lowest BCUT2D eigenvalue weighted by atomic mass is 9.99. The Morgan fingerprint density at radius 1 is 1.13 bits per heavy atom. The van der Waals surface area contributed by atoms with Crippen molar-refractivity contribution in [2.24, 2.45) is 5.16 Å². The maximum Gasteiger partial charge on any atom is 0.437 e. The SMILES string of the molecule is O=C(Nc1ccccc1)O/N=C1\O[C@@H](C(=O)O)[C@@H](O)[C@H](O)[C@H]1O. The van der Waals surface area contributed by atoms with Gasteiger partial charge in [-0.05, 0) is 17.3 Å². The molecule has 0 saturated carbocycles. The van der Waals surface area contributed by atoms with E-state index in [0.717, 1.165) is 0 Å². The molecule has 1 saturated heterocycles. The summed E-state index contributed by atoms with van der Waals surface area (Å²) in [6.07, 6.45) is -8.44. The zero-order valence-corrected chi connectivity index (χ0v) is 11.6. The molecular weight excluding hydrogens is 312 g/mol. The van der Waals surface area contributed by atoms with Crippen LogP contribution in [0, 0.1) is 0 Å². The van der Waals surface area contributed by atoms with Gasteiger partial charge in [-0.25, -0.2) is 9.59 Å². The van der Waals surface area contributed by atoms with Gasteiger partial charge in [0.05, 0.1) is 0 Å². The number of aliphatic hydroxyl groups excluding tert-OH is 3. The molecule has 4 atom stereocenters. The van der Waals surface area contributed by atoms with Crippen LogP contribution in [0.1, 0.15) is 0 Å². The maximum atomic E-state index is 11.5. The second-order valence-electron chi connectivity index (χ2n) is 4.60. The minimum atomic E-state index is -1.86. The van der Waals surface area contributed by atoms with E-state index in [-0.39, 0.29) is 0 Å². The van der Waals surface area contributed by atoms with Crippen molar-refractivity contribution in [3.8, 4) is 0 Å². The number of aliphatic carboxylic acids is 1. The highest BCUT2D eigenvalue weighted by Crippen LogP contribution is 2.18. The van der Waals surface area contributed by atoms with Gasteiger partial charge in [-0.3, -0.25) is 10.2 Å². The number of benzene rings is 1. The molecule has 1 fully saturated rings. The van der Waals surface area contributed by atoms with Gasteiger partial charge in [-0.15, -0.1) is 0 Å². The van der Waals surface area contributed by atoms with Crippen LogP contribution in [0.3, 0.4) is 0 Å². The number of oxime groups is 1. The van der Waals surface area contributed by atoms with Crippen LogP contribution >= 0.6 is 0 Å². The normalized spacial score (nSPS) is 28.7. The maximum absolute atomic E-state index is 11.5. The van der Waals surface area contributed by atoms with Gasteiger partial charge in [-0.2, -0.15) is 0 Å². The predicted octanol–water partition coefficient (Wildman–Crippen LogP) is -0.885. The van der Waals surface area contributed by atoms with E-state index in [1.54, 1.807) is 30.3 Å². The van der Waals surface area contributed by atoms with Crippen molar-refractivity contribution in [2.45, 2.75) is 24.4 Å². The van der Waals surface area contributed by atoms with Gasteiger partial charge in [0.2, 0.25) is 6.10 Å². The van der Waals surface area contributed by atoms with Crippen LogP contribution in [0.2, 0.25) is 0 Å². The Morgan fingerprint density at radius 2 is 1.78 bits per heavy atom. The van der Waals surface area contributed by atoms with Crippen LogP contribution in [-0.4, -0.2) is 62.8 Å². The highest BCUT2D eigenvalue weighted by Gasteiger charge is 2.46. The fourth-order valence-corrected chi connectivity index (χ4v) is 1.80. The minimum Gasteiger partial charge on any atom is -0.478 e. The molecule has 0 unspecified atom stereocenters. The average molecular weight is 326 g/mol. The second-order valence-corrected chi connectivity index (χ2v) is 4.60. The van der Waals surface area contributed by atoms with Crippen molar-refractivity contribution in [1.82, 2.24) is 0 Å². The van der Waals surface area contributed by atoms with E-state index in [2.05, 4.69) is 15.3 Å². The summed E-state index contributed by atoms with van der Waals surface area (Å²) in [5.74, 6) is -2.32. The summed E-state index contributed by atoms with van der Waals surface area (Å²) in [4.78, 5) is 26.8. The number of carbonyl (C=O) groups is 2. The molecule has 23 heavy (non-hydrogen) atoms. The Labute approximate surface area is 129 Å². The molecule has 1 aromatic rings. The van der Waals surface area contributed by atoms with E-state index >= 15 is 0 Å². The molecule has 0 aromatic heterocycles. The fourth-order valence-electron chi connectivity index (χ4n) is 1.80. The van der Waals surface area contributed by atoms with Crippen molar-refractivity contribution in [1.29, 1.82) is 0 Å². The van der Waals surface area contributed by atoms with Gasteiger partial charge in [0.15, 0.2) is 6.10 Å². The van der Waals surface area contributed by atoms with Crippen molar-refractivity contribution in [3.63, 3.8) is 0 Å². The number of carboxylic acids is 1.